The minimum atomic E-state index is -0.832. The fourth-order valence-electron chi connectivity index (χ4n) is 4.56. The minimum Gasteiger partial charge on any atom is -0.505 e. The lowest BCUT2D eigenvalue weighted by Gasteiger charge is -2.34. The van der Waals surface area contributed by atoms with Crippen LogP contribution in [0.25, 0.3) is 0 Å². The predicted octanol–water partition coefficient (Wildman–Crippen LogP) is 2.99. The van der Waals surface area contributed by atoms with E-state index in [4.69, 9.17) is 5.11 Å². The lowest BCUT2D eigenvalue weighted by atomic mass is 9.75. The van der Waals surface area contributed by atoms with Crippen molar-refractivity contribution in [2.24, 2.45) is 17.8 Å². The number of phenolic OH excluding ortho intramolecular Hbond substituents is 1. The molecule has 1 aliphatic heterocycles. The van der Waals surface area contributed by atoms with Gasteiger partial charge in [0.1, 0.15) is 0 Å². The molecule has 28 heavy (non-hydrogen) atoms. The number of carbonyl (C=O) groups is 2. The molecule has 1 amide bonds. The number of hydrogen-bond donors (Lipinski definition) is 3. The van der Waals surface area contributed by atoms with Crippen LogP contribution in [-0.2, 0) is 11.3 Å². The van der Waals surface area contributed by atoms with Crippen molar-refractivity contribution in [1.82, 2.24) is 10.2 Å². The molecule has 1 heterocycles. The highest BCUT2D eigenvalue weighted by Gasteiger charge is 2.34. The summed E-state index contributed by atoms with van der Waals surface area (Å²) >= 11 is 0. The summed E-state index contributed by atoms with van der Waals surface area (Å²) in [5.41, 5.74) is 0.674. The third kappa shape index (κ3) is 4.63. The standard InChI is InChI=1S/C21H29FN2O4/c1-13(8-9-23-10-18(26)27)15-4-2-14(3-5-15)11-24-12-16-6-7-17(25)20(22)19(16)21(24)28/h6-7,13-15,23,25H,2-5,8-12H2,1H3,(H,26,27). The van der Waals surface area contributed by atoms with Gasteiger partial charge < -0.3 is 20.4 Å². The Hall–Kier alpha value is -2.15. The van der Waals surface area contributed by atoms with Crippen LogP contribution in [0.15, 0.2) is 12.1 Å². The van der Waals surface area contributed by atoms with Crippen LogP contribution in [0.3, 0.4) is 0 Å². The molecule has 1 aromatic carbocycles. The van der Waals surface area contributed by atoms with Gasteiger partial charge in [-0.1, -0.05) is 13.0 Å². The van der Waals surface area contributed by atoms with Crippen LogP contribution >= 0.6 is 0 Å². The molecule has 1 fully saturated rings. The number of amides is 1. The van der Waals surface area contributed by atoms with Crippen molar-refractivity contribution in [2.75, 3.05) is 19.6 Å². The monoisotopic (exact) mass is 392 g/mol. The van der Waals surface area contributed by atoms with Gasteiger partial charge in [-0.05, 0) is 68.0 Å². The lowest BCUT2D eigenvalue weighted by Crippen LogP contribution is -2.33. The van der Waals surface area contributed by atoms with E-state index in [0.29, 0.717) is 43.0 Å². The summed E-state index contributed by atoms with van der Waals surface area (Å²) in [7, 11) is 0. The zero-order chi connectivity index (χ0) is 20.3. The first kappa shape index (κ1) is 20.6. The molecule has 3 N–H and O–H groups in total. The first-order valence-corrected chi connectivity index (χ1v) is 10.1. The summed E-state index contributed by atoms with van der Waals surface area (Å²) in [5, 5.41) is 21.1. The Labute approximate surface area is 164 Å². The van der Waals surface area contributed by atoms with E-state index >= 15 is 0 Å². The van der Waals surface area contributed by atoms with Gasteiger partial charge in [-0.2, -0.15) is 0 Å². The molecule has 1 aromatic rings. The van der Waals surface area contributed by atoms with Gasteiger partial charge in [-0.25, -0.2) is 4.39 Å². The molecule has 0 bridgehead atoms. The molecule has 0 aromatic heterocycles. The number of phenols is 1. The maximum absolute atomic E-state index is 14.1. The van der Waals surface area contributed by atoms with Gasteiger partial charge >= 0.3 is 5.97 Å². The summed E-state index contributed by atoms with van der Waals surface area (Å²) in [6.07, 6.45) is 5.27. The molecule has 154 valence electrons. The molecule has 1 aliphatic carbocycles. The van der Waals surface area contributed by atoms with E-state index < -0.39 is 17.5 Å². The second-order valence-corrected chi connectivity index (χ2v) is 8.24. The maximum atomic E-state index is 14.1. The van der Waals surface area contributed by atoms with Crippen LogP contribution in [0, 0.1) is 23.6 Å². The maximum Gasteiger partial charge on any atom is 0.317 e. The molecule has 1 atom stereocenters. The molecule has 1 saturated carbocycles. The number of hydrogen-bond acceptors (Lipinski definition) is 4. The number of aliphatic carboxylic acids is 1. The summed E-state index contributed by atoms with van der Waals surface area (Å²) in [6, 6.07) is 2.94. The van der Waals surface area contributed by atoms with E-state index in [9.17, 15) is 19.1 Å². The molecule has 0 saturated heterocycles. The molecule has 6 nitrogen and oxygen atoms in total. The molecule has 0 spiro atoms. The fourth-order valence-corrected chi connectivity index (χ4v) is 4.56. The van der Waals surface area contributed by atoms with Crippen LogP contribution < -0.4 is 5.32 Å². The number of nitrogens with zero attached hydrogens (tertiary/aromatic N) is 1. The Morgan fingerprint density at radius 1 is 1.32 bits per heavy atom. The topological polar surface area (TPSA) is 89.9 Å². The van der Waals surface area contributed by atoms with Gasteiger partial charge in [0, 0.05) is 13.1 Å². The molecule has 2 aliphatic rings. The predicted molar refractivity (Wildman–Crippen MR) is 103 cm³/mol. The van der Waals surface area contributed by atoms with E-state index in [1.54, 1.807) is 11.0 Å². The number of carboxylic acid groups (broad SMARTS) is 1. The van der Waals surface area contributed by atoms with Gasteiger partial charge in [0.05, 0.1) is 12.1 Å². The lowest BCUT2D eigenvalue weighted by molar-refractivity contribution is -0.135. The van der Waals surface area contributed by atoms with Crippen LogP contribution in [0.2, 0.25) is 0 Å². The SMILES string of the molecule is CC(CCNCC(=O)O)C1CCC(CN2Cc3ccc(O)c(F)c3C2=O)CC1. The van der Waals surface area contributed by atoms with Gasteiger partial charge in [0.25, 0.3) is 5.91 Å². The van der Waals surface area contributed by atoms with Crippen LogP contribution in [0.1, 0.15) is 54.9 Å². The third-order valence-corrected chi connectivity index (χ3v) is 6.30. The number of halogens is 1. The van der Waals surface area contributed by atoms with Gasteiger partial charge in [-0.3, -0.25) is 9.59 Å². The van der Waals surface area contributed by atoms with Gasteiger partial charge in [-0.15, -0.1) is 0 Å². The van der Waals surface area contributed by atoms with Crippen molar-refractivity contribution in [3.05, 3.63) is 29.1 Å². The average molecular weight is 392 g/mol. The highest BCUT2D eigenvalue weighted by atomic mass is 19.1. The van der Waals surface area contributed by atoms with Crippen molar-refractivity contribution in [1.29, 1.82) is 0 Å². The number of aromatic hydroxyl groups is 1. The van der Waals surface area contributed by atoms with Crippen molar-refractivity contribution in [3.63, 3.8) is 0 Å². The smallest absolute Gasteiger partial charge is 0.317 e. The van der Waals surface area contributed by atoms with Crippen LogP contribution in [0.4, 0.5) is 4.39 Å². The minimum absolute atomic E-state index is 0.00405. The molecule has 1 unspecified atom stereocenters. The number of nitrogens with one attached hydrogen (secondary N) is 1. The zero-order valence-corrected chi connectivity index (χ0v) is 16.3. The second kappa shape index (κ2) is 8.90. The number of carbonyl (C=O) groups excluding carboxylic acids is 1. The summed E-state index contributed by atoms with van der Waals surface area (Å²) in [4.78, 5) is 24.8. The van der Waals surface area contributed by atoms with E-state index in [1.807, 2.05) is 0 Å². The quantitative estimate of drug-likeness (QED) is 0.592. The number of carboxylic acids is 1. The number of fused-ring (bicyclic) bond motifs is 1. The first-order chi connectivity index (χ1) is 13.4. The van der Waals surface area contributed by atoms with Crippen molar-refractivity contribution in [2.45, 2.75) is 45.6 Å². The third-order valence-electron chi connectivity index (χ3n) is 6.30. The summed E-state index contributed by atoms with van der Waals surface area (Å²) in [6.45, 7) is 3.99. The summed E-state index contributed by atoms with van der Waals surface area (Å²) < 4.78 is 14.1. The Morgan fingerprint density at radius 2 is 2.04 bits per heavy atom. The molecular formula is C21H29FN2O4. The Balaban J connectivity index is 1.44. The van der Waals surface area contributed by atoms with Crippen molar-refractivity contribution >= 4 is 11.9 Å². The normalized spacial score (nSPS) is 22.9. The van der Waals surface area contributed by atoms with Crippen molar-refractivity contribution < 1.29 is 24.2 Å². The van der Waals surface area contributed by atoms with Crippen molar-refractivity contribution in [3.8, 4) is 5.75 Å². The molecular weight excluding hydrogens is 363 g/mol. The van der Waals surface area contributed by atoms with Gasteiger partial charge in [0.2, 0.25) is 0 Å². The van der Waals surface area contributed by atoms with E-state index in [1.165, 1.54) is 6.07 Å². The van der Waals surface area contributed by atoms with E-state index in [0.717, 1.165) is 32.1 Å². The Kier molecular flexibility index (Phi) is 6.54. The van der Waals surface area contributed by atoms with Crippen LogP contribution in [-0.4, -0.2) is 46.6 Å². The average Bonchev–Trinajstić information content (AvgIpc) is 2.98. The fraction of sp³-hybridized carbons (Fsp3) is 0.619. The first-order valence-electron chi connectivity index (χ1n) is 10.1. The van der Waals surface area contributed by atoms with Crippen LogP contribution in [0.5, 0.6) is 5.75 Å². The van der Waals surface area contributed by atoms with Gasteiger partial charge in [0.15, 0.2) is 11.6 Å². The second-order valence-electron chi connectivity index (χ2n) is 8.24. The number of benzene rings is 1. The molecule has 0 radical (unpaired) electrons. The van der Waals surface area contributed by atoms with E-state index in [-0.39, 0.29) is 18.0 Å². The highest BCUT2D eigenvalue weighted by Crippen LogP contribution is 2.37. The number of rotatable bonds is 8. The Morgan fingerprint density at radius 3 is 2.71 bits per heavy atom. The molecule has 7 heteroatoms. The zero-order valence-electron chi connectivity index (χ0n) is 16.3. The largest absolute Gasteiger partial charge is 0.505 e. The Bertz CT molecular complexity index is 731. The molecule has 3 rings (SSSR count). The van der Waals surface area contributed by atoms with E-state index in [2.05, 4.69) is 12.2 Å². The highest BCUT2D eigenvalue weighted by molar-refractivity contribution is 5.99. The summed E-state index contributed by atoms with van der Waals surface area (Å²) in [5.74, 6) is -0.838.